The first-order valence-corrected chi connectivity index (χ1v) is 10.9. The number of carbonyl (C=O) groups excluding carboxylic acids is 2. The monoisotopic (exact) mass is 433 g/mol. The van der Waals surface area contributed by atoms with Crippen LogP contribution in [0.15, 0.2) is 41.8 Å². The van der Waals surface area contributed by atoms with Crippen molar-refractivity contribution in [1.29, 1.82) is 0 Å². The van der Waals surface area contributed by atoms with Crippen molar-refractivity contribution in [2.75, 3.05) is 38.5 Å². The molecule has 1 aromatic heterocycles. The van der Waals surface area contributed by atoms with Gasteiger partial charge in [-0.2, -0.15) is 0 Å². The van der Waals surface area contributed by atoms with Gasteiger partial charge in [-0.3, -0.25) is 19.1 Å². The molecule has 30 heavy (non-hydrogen) atoms. The maximum atomic E-state index is 13.5. The van der Waals surface area contributed by atoms with E-state index in [0.29, 0.717) is 43.6 Å². The first-order valence-electron chi connectivity index (χ1n) is 9.94. The van der Waals surface area contributed by atoms with Gasteiger partial charge in [-0.05, 0) is 39.0 Å². The van der Waals surface area contributed by atoms with Crippen LogP contribution in [0.1, 0.15) is 20.8 Å². The van der Waals surface area contributed by atoms with Crippen molar-refractivity contribution < 1.29 is 14.0 Å². The summed E-state index contributed by atoms with van der Waals surface area (Å²) in [5.41, 5.74) is 0.424. The van der Waals surface area contributed by atoms with Crippen molar-refractivity contribution in [3.8, 4) is 5.69 Å². The zero-order valence-corrected chi connectivity index (χ0v) is 18.4. The third-order valence-electron chi connectivity index (χ3n) is 4.62. The molecule has 1 fully saturated rings. The van der Waals surface area contributed by atoms with E-state index < -0.39 is 0 Å². The number of nitrogens with zero attached hydrogens (tertiary/aromatic N) is 4. The summed E-state index contributed by atoms with van der Waals surface area (Å²) in [6, 6.07) is 6.27. The number of rotatable bonds is 6. The minimum absolute atomic E-state index is 0.00187. The van der Waals surface area contributed by atoms with E-state index in [4.69, 9.17) is 0 Å². The van der Waals surface area contributed by atoms with Crippen LogP contribution in [0.2, 0.25) is 0 Å². The first kappa shape index (κ1) is 22.3. The Morgan fingerprint density at radius 3 is 2.60 bits per heavy atom. The first-order chi connectivity index (χ1) is 14.2. The summed E-state index contributed by atoms with van der Waals surface area (Å²) in [6.45, 7) is 8.76. The summed E-state index contributed by atoms with van der Waals surface area (Å²) < 4.78 is 15.3. The topological polar surface area (TPSA) is 70.5 Å². The Morgan fingerprint density at radius 1 is 1.20 bits per heavy atom. The molecule has 7 nitrogen and oxygen atoms in total. The average molecular weight is 434 g/mol. The number of amides is 2. The zero-order valence-electron chi connectivity index (χ0n) is 17.6. The predicted molar refractivity (Wildman–Crippen MR) is 115 cm³/mol. The van der Waals surface area contributed by atoms with Crippen LogP contribution in [0.4, 0.5) is 4.39 Å². The minimum atomic E-state index is -0.317. The van der Waals surface area contributed by atoms with E-state index >= 15 is 0 Å². The van der Waals surface area contributed by atoms with Crippen LogP contribution in [0.25, 0.3) is 5.69 Å². The highest BCUT2D eigenvalue weighted by Crippen LogP contribution is 2.21. The Labute approximate surface area is 180 Å². The summed E-state index contributed by atoms with van der Waals surface area (Å²) in [5.74, 6) is -0.0199. The van der Waals surface area contributed by atoms with Crippen molar-refractivity contribution in [1.82, 2.24) is 24.7 Å². The molecule has 0 unspecified atom stereocenters. The Bertz CT molecular complexity index is 888. The molecular formula is C21H28FN5O2S. The molecule has 3 rings (SSSR count). The van der Waals surface area contributed by atoms with Gasteiger partial charge in [-0.25, -0.2) is 9.37 Å². The standard InChI is InChI=1S/C21H28FN5O2S/c1-21(2,3)24-18(28)14-25-9-11-26(12-10-25)19(29)15-30-20-23-7-8-27(20)17-6-4-5-16(22)13-17/h4-8,13H,9-12,14-15H2,1-3H3,(H,24,28). The third kappa shape index (κ3) is 6.30. The molecule has 0 radical (unpaired) electrons. The van der Waals surface area contributed by atoms with Crippen LogP contribution in [-0.2, 0) is 9.59 Å². The number of hydrogen-bond donors (Lipinski definition) is 1. The Hall–Kier alpha value is -2.39. The van der Waals surface area contributed by atoms with Crippen LogP contribution in [0.5, 0.6) is 0 Å². The van der Waals surface area contributed by atoms with Gasteiger partial charge in [0.25, 0.3) is 0 Å². The number of imidazole rings is 1. The lowest BCUT2D eigenvalue weighted by Gasteiger charge is -2.34. The van der Waals surface area contributed by atoms with Crippen molar-refractivity contribution >= 4 is 23.6 Å². The molecule has 0 saturated carbocycles. The second-order valence-corrected chi connectivity index (χ2v) is 9.25. The van der Waals surface area contributed by atoms with Gasteiger partial charge in [0.2, 0.25) is 11.8 Å². The fourth-order valence-corrected chi connectivity index (χ4v) is 4.13. The van der Waals surface area contributed by atoms with Crippen molar-refractivity contribution in [2.24, 2.45) is 0 Å². The largest absolute Gasteiger partial charge is 0.350 e. The second-order valence-electron chi connectivity index (χ2n) is 8.30. The van der Waals surface area contributed by atoms with Crippen molar-refractivity contribution in [3.63, 3.8) is 0 Å². The number of halogens is 1. The van der Waals surface area contributed by atoms with Crippen LogP contribution in [0, 0.1) is 5.82 Å². The smallest absolute Gasteiger partial charge is 0.234 e. The van der Waals surface area contributed by atoms with Gasteiger partial charge < -0.3 is 10.2 Å². The lowest BCUT2D eigenvalue weighted by atomic mass is 10.1. The van der Waals surface area contributed by atoms with Gasteiger partial charge in [0, 0.05) is 44.1 Å². The molecule has 1 N–H and O–H groups in total. The average Bonchev–Trinajstić information content (AvgIpc) is 3.14. The molecule has 1 aliphatic heterocycles. The molecule has 2 heterocycles. The Balaban J connectivity index is 1.47. The van der Waals surface area contributed by atoms with E-state index in [0.717, 1.165) is 0 Å². The molecule has 9 heteroatoms. The lowest BCUT2D eigenvalue weighted by molar-refractivity contribution is -0.130. The van der Waals surface area contributed by atoms with E-state index in [1.54, 1.807) is 29.1 Å². The molecule has 1 saturated heterocycles. The van der Waals surface area contributed by atoms with Gasteiger partial charge in [0.15, 0.2) is 5.16 Å². The fourth-order valence-electron chi connectivity index (χ4n) is 3.25. The predicted octanol–water partition coefficient (Wildman–Crippen LogP) is 2.16. The Morgan fingerprint density at radius 2 is 1.93 bits per heavy atom. The molecule has 1 aromatic carbocycles. The summed E-state index contributed by atoms with van der Waals surface area (Å²) >= 11 is 1.33. The van der Waals surface area contributed by atoms with Gasteiger partial charge in [0.1, 0.15) is 5.82 Å². The minimum Gasteiger partial charge on any atom is -0.350 e. The molecule has 1 aliphatic rings. The van der Waals surface area contributed by atoms with Crippen LogP contribution < -0.4 is 5.32 Å². The normalized spacial score (nSPS) is 15.3. The molecule has 0 bridgehead atoms. The molecule has 2 aromatic rings. The third-order valence-corrected chi connectivity index (χ3v) is 5.58. The number of aromatic nitrogens is 2. The van der Waals surface area contributed by atoms with E-state index in [1.165, 1.54) is 23.9 Å². The van der Waals surface area contributed by atoms with Crippen LogP contribution in [-0.4, -0.2) is 75.2 Å². The maximum absolute atomic E-state index is 13.5. The van der Waals surface area contributed by atoms with E-state index in [1.807, 2.05) is 25.7 Å². The number of thioether (sulfide) groups is 1. The molecule has 2 amide bonds. The lowest BCUT2D eigenvalue weighted by Crippen LogP contribution is -2.53. The summed E-state index contributed by atoms with van der Waals surface area (Å²) in [7, 11) is 0. The molecule has 162 valence electrons. The summed E-state index contributed by atoms with van der Waals surface area (Å²) in [4.78, 5) is 32.9. The quantitative estimate of drug-likeness (QED) is 0.707. The number of piperazine rings is 1. The number of carbonyl (C=O) groups is 2. The SMILES string of the molecule is CC(C)(C)NC(=O)CN1CCN(C(=O)CSc2nccn2-c2cccc(F)c2)CC1. The molecule has 0 spiro atoms. The summed E-state index contributed by atoms with van der Waals surface area (Å²) in [5, 5.41) is 3.61. The van der Waals surface area contributed by atoms with Gasteiger partial charge >= 0.3 is 0 Å². The van der Waals surface area contributed by atoms with E-state index in [-0.39, 0.29) is 28.9 Å². The maximum Gasteiger partial charge on any atom is 0.234 e. The van der Waals surface area contributed by atoms with Gasteiger partial charge in [-0.1, -0.05) is 17.8 Å². The van der Waals surface area contributed by atoms with Crippen molar-refractivity contribution in [3.05, 3.63) is 42.5 Å². The number of nitrogens with one attached hydrogen (secondary N) is 1. The number of benzene rings is 1. The fraction of sp³-hybridized carbons (Fsp3) is 0.476. The van der Waals surface area contributed by atoms with Crippen LogP contribution in [0.3, 0.4) is 0 Å². The Kier molecular flexibility index (Phi) is 7.14. The highest BCUT2D eigenvalue weighted by Gasteiger charge is 2.24. The highest BCUT2D eigenvalue weighted by molar-refractivity contribution is 7.99. The van der Waals surface area contributed by atoms with Crippen molar-refractivity contribution in [2.45, 2.75) is 31.5 Å². The number of hydrogen-bond acceptors (Lipinski definition) is 5. The highest BCUT2D eigenvalue weighted by atomic mass is 32.2. The molecular weight excluding hydrogens is 405 g/mol. The van der Waals surface area contributed by atoms with E-state index in [2.05, 4.69) is 15.2 Å². The molecule has 0 aliphatic carbocycles. The second kappa shape index (κ2) is 9.61. The van der Waals surface area contributed by atoms with E-state index in [9.17, 15) is 14.0 Å². The van der Waals surface area contributed by atoms with Gasteiger partial charge in [-0.15, -0.1) is 0 Å². The van der Waals surface area contributed by atoms with Crippen LogP contribution >= 0.6 is 11.8 Å². The summed E-state index contributed by atoms with van der Waals surface area (Å²) in [6.07, 6.45) is 3.39. The van der Waals surface area contributed by atoms with Gasteiger partial charge in [0.05, 0.1) is 18.0 Å². The zero-order chi connectivity index (χ0) is 21.7. The molecule has 0 atom stereocenters.